The van der Waals surface area contributed by atoms with Crippen molar-refractivity contribution < 1.29 is 9.59 Å². The molecule has 27 heavy (non-hydrogen) atoms. The fourth-order valence-electron chi connectivity index (χ4n) is 7.95. The van der Waals surface area contributed by atoms with Crippen LogP contribution in [0.5, 0.6) is 0 Å². The van der Waals surface area contributed by atoms with Gasteiger partial charge in [-0.25, -0.2) is 10.2 Å². The van der Waals surface area contributed by atoms with Crippen LogP contribution in [0, 0.1) is 40.4 Å². The normalized spacial score (nSPS) is 47.0. The number of Topliss-reactive ketones (excluding diaryl/α,β-unsaturated/α-hetero) is 1. The molecule has 2 amide bonds. The number of fused-ring (bicyclic) bond motifs is 5. The highest BCUT2D eigenvalue weighted by atomic mass is 16.2. The van der Waals surface area contributed by atoms with Gasteiger partial charge >= 0.3 is 6.03 Å². The van der Waals surface area contributed by atoms with E-state index >= 15 is 0 Å². The summed E-state index contributed by atoms with van der Waals surface area (Å²) >= 11 is 0. The highest BCUT2D eigenvalue weighted by molar-refractivity contribution is 5.86. The van der Waals surface area contributed by atoms with Crippen molar-refractivity contribution >= 4 is 17.5 Å². The van der Waals surface area contributed by atoms with Crippen LogP contribution in [0.3, 0.4) is 0 Å². The first-order valence-electron chi connectivity index (χ1n) is 10.9. The van der Waals surface area contributed by atoms with E-state index in [1.54, 1.807) is 0 Å². The van der Waals surface area contributed by atoms with Gasteiger partial charge in [-0.15, -0.1) is 0 Å². The van der Waals surface area contributed by atoms with Gasteiger partial charge in [-0.05, 0) is 86.4 Å². The number of carbonyl (C=O) groups excluding carboxylic acids is 2. The summed E-state index contributed by atoms with van der Waals surface area (Å²) in [5.41, 5.74) is 9.31. The Kier molecular flexibility index (Phi) is 4.63. The van der Waals surface area contributed by atoms with E-state index in [1.807, 2.05) is 6.92 Å². The number of hydrogen-bond donors (Lipinski definition) is 2. The van der Waals surface area contributed by atoms with Crippen molar-refractivity contribution in [2.45, 2.75) is 78.6 Å². The fraction of sp³-hybridized carbons (Fsp3) is 0.864. The number of nitrogens with two attached hydrogens (primary N) is 1. The van der Waals surface area contributed by atoms with E-state index in [2.05, 4.69) is 24.4 Å². The molecule has 0 radical (unpaired) electrons. The highest BCUT2D eigenvalue weighted by Crippen LogP contribution is 2.67. The average Bonchev–Trinajstić information content (AvgIpc) is 2.97. The largest absolute Gasteiger partial charge is 0.350 e. The molecule has 0 bridgehead atoms. The number of nitrogens with one attached hydrogen (secondary N) is 1. The van der Waals surface area contributed by atoms with Crippen LogP contribution in [-0.2, 0) is 4.79 Å². The van der Waals surface area contributed by atoms with Crippen LogP contribution in [0.15, 0.2) is 5.10 Å². The third kappa shape index (κ3) is 2.92. The quantitative estimate of drug-likeness (QED) is 0.560. The minimum atomic E-state index is -0.587. The molecule has 0 spiro atoms. The maximum absolute atomic E-state index is 12.0. The van der Waals surface area contributed by atoms with Crippen LogP contribution >= 0.6 is 0 Å². The lowest BCUT2D eigenvalue weighted by molar-refractivity contribution is -0.138. The molecule has 4 rings (SSSR count). The Bertz CT molecular complexity index is 674. The molecule has 4 aliphatic carbocycles. The smallest absolute Gasteiger partial charge is 0.332 e. The molecule has 4 aliphatic rings. The van der Waals surface area contributed by atoms with E-state index < -0.39 is 6.03 Å². The van der Waals surface area contributed by atoms with Gasteiger partial charge in [0.2, 0.25) is 0 Å². The standard InChI is InChI=1S/C22H35N3O2/c1-13(24-25-20(23)27)17-6-7-18-16-5-4-14-12-15(26)8-10-21(14,2)19(16)9-11-22(17,18)3/h14,16-19H,4-12H2,1-3H3,(H3,23,25,27)/b24-13-/t14-,16-,17+,18-,19-,21+,22-/m1/s1. The number of carbonyl (C=O) groups is 2. The van der Waals surface area contributed by atoms with Gasteiger partial charge in [0.1, 0.15) is 5.78 Å². The molecule has 0 aromatic heterocycles. The van der Waals surface area contributed by atoms with E-state index in [9.17, 15) is 9.59 Å². The van der Waals surface area contributed by atoms with Gasteiger partial charge in [0.15, 0.2) is 0 Å². The lowest BCUT2D eigenvalue weighted by Crippen LogP contribution is -2.53. The zero-order valence-electron chi connectivity index (χ0n) is 17.1. The van der Waals surface area contributed by atoms with Crippen LogP contribution in [0.4, 0.5) is 4.79 Å². The molecule has 150 valence electrons. The van der Waals surface area contributed by atoms with Gasteiger partial charge in [0.05, 0.1) is 0 Å². The van der Waals surface area contributed by atoms with E-state index in [1.165, 1.54) is 38.5 Å². The van der Waals surface area contributed by atoms with Gasteiger partial charge < -0.3 is 5.73 Å². The molecule has 4 fully saturated rings. The minimum absolute atomic E-state index is 0.280. The summed E-state index contributed by atoms with van der Waals surface area (Å²) in [4.78, 5) is 23.1. The number of primary amides is 1. The second-order valence-electron chi connectivity index (χ2n) is 10.3. The zero-order valence-corrected chi connectivity index (χ0v) is 17.1. The van der Waals surface area contributed by atoms with Crippen LogP contribution in [0.1, 0.15) is 78.6 Å². The summed E-state index contributed by atoms with van der Waals surface area (Å²) in [6, 6.07) is -0.587. The van der Waals surface area contributed by atoms with Crippen molar-refractivity contribution in [3.63, 3.8) is 0 Å². The molecule has 3 N–H and O–H groups in total. The van der Waals surface area contributed by atoms with Crippen LogP contribution in [0.25, 0.3) is 0 Å². The molecule has 0 aromatic rings. The Morgan fingerprint density at radius 3 is 2.56 bits per heavy atom. The fourth-order valence-corrected chi connectivity index (χ4v) is 7.95. The molecule has 0 saturated heterocycles. The monoisotopic (exact) mass is 373 g/mol. The molecule has 0 unspecified atom stereocenters. The number of hydrogen-bond acceptors (Lipinski definition) is 3. The highest BCUT2D eigenvalue weighted by Gasteiger charge is 2.60. The maximum atomic E-state index is 12.0. The summed E-state index contributed by atoms with van der Waals surface area (Å²) in [6.07, 6.45) is 10.2. The second-order valence-corrected chi connectivity index (χ2v) is 10.3. The topological polar surface area (TPSA) is 84.5 Å². The van der Waals surface area contributed by atoms with Crippen LogP contribution in [0.2, 0.25) is 0 Å². The van der Waals surface area contributed by atoms with Gasteiger partial charge in [0, 0.05) is 24.5 Å². The first-order chi connectivity index (χ1) is 12.8. The Morgan fingerprint density at radius 1 is 1.07 bits per heavy atom. The lowest BCUT2D eigenvalue weighted by atomic mass is 9.44. The van der Waals surface area contributed by atoms with E-state index in [4.69, 9.17) is 5.73 Å². The molecule has 5 nitrogen and oxygen atoms in total. The number of ketones is 1. The first kappa shape index (κ1) is 18.9. The van der Waals surface area contributed by atoms with E-state index in [0.717, 1.165) is 42.7 Å². The van der Waals surface area contributed by atoms with Gasteiger partial charge in [-0.3, -0.25) is 4.79 Å². The summed E-state index contributed by atoms with van der Waals surface area (Å²) < 4.78 is 0. The molecular formula is C22H35N3O2. The molecule has 7 atom stereocenters. The van der Waals surface area contributed by atoms with Crippen molar-refractivity contribution in [1.82, 2.24) is 5.43 Å². The Morgan fingerprint density at radius 2 is 1.81 bits per heavy atom. The third-order valence-electron chi connectivity index (χ3n) is 9.33. The first-order valence-corrected chi connectivity index (χ1v) is 10.9. The SMILES string of the molecule is C/C(=N/NC(N)=O)[C@@H]1CC[C@@H]2[C@H]3CC[C@@H]4CC(=O)CC[C@]4(C)[C@@H]3CC[C@@]21C. The Balaban J connectivity index is 1.56. The maximum Gasteiger partial charge on any atom is 0.332 e. The summed E-state index contributed by atoms with van der Waals surface area (Å²) in [5.74, 6) is 3.86. The molecule has 0 heterocycles. The number of amides is 2. The summed E-state index contributed by atoms with van der Waals surface area (Å²) in [7, 11) is 0. The second kappa shape index (κ2) is 6.59. The van der Waals surface area contributed by atoms with Crippen LogP contribution in [-0.4, -0.2) is 17.5 Å². The number of nitrogens with zero attached hydrogens (tertiary/aromatic N) is 1. The predicted octanol–water partition coefficient (Wildman–Crippen LogP) is 4.26. The number of hydrazone groups is 1. The molecule has 0 aromatic carbocycles. The minimum Gasteiger partial charge on any atom is -0.350 e. The Hall–Kier alpha value is -1.39. The molecule has 5 heteroatoms. The summed E-state index contributed by atoms with van der Waals surface area (Å²) in [6.45, 7) is 7.01. The van der Waals surface area contributed by atoms with Gasteiger partial charge in [0.25, 0.3) is 0 Å². The van der Waals surface area contributed by atoms with Gasteiger partial charge in [-0.2, -0.15) is 5.10 Å². The number of urea groups is 1. The van der Waals surface area contributed by atoms with Crippen molar-refractivity contribution in [2.24, 2.45) is 51.3 Å². The molecule has 4 saturated carbocycles. The van der Waals surface area contributed by atoms with E-state index in [0.29, 0.717) is 23.0 Å². The van der Waals surface area contributed by atoms with Gasteiger partial charge in [-0.1, -0.05) is 13.8 Å². The van der Waals surface area contributed by atoms with Crippen LogP contribution < -0.4 is 11.2 Å². The Labute approximate surface area is 162 Å². The summed E-state index contributed by atoms with van der Waals surface area (Å²) in [5, 5.41) is 4.29. The van der Waals surface area contributed by atoms with Crippen molar-refractivity contribution in [1.29, 1.82) is 0 Å². The lowest BCUT2D eigenvalue weighted by Gasteiger charge is -2.60. The molecule has 0 aliphatic heterocycles. The molecular weight excluding hydrogens is 338 g/mol. The predicted molar refractivity (Wildman–Crippen MR) is 106 cm³/mol. The van der Waals surface area contributed by atoms with Crippen molar-refractivity contribution in [3.05, 3.63) is 0 Å². The third-order valence-corrected chi connectivity index (χ3v) is 9.33. The van der Waals surface area contributed by atoms with Crippen molar-refractivity contribution in [3.8, 4) is 0 Å². The van der Waals surface area contributed by atoms with E-state index in [-0.39, 0.29) is 5.41 Å². The number of rotatable bonds is 2. The zero-order chi connectivity index (χ0) is 19.4. The van der Waals surface area contributed by atoms with Crippen molar-refractivity contribution in [2.75, 3.05) is 0 Å². The average molecular weight is 374 g/mol.